The normalized spacial score (nSPS) is 11.4. The Kier molecular flexibility index (Phi) is 4.62. The number of rotatable bonds is 5. The van der Waals surface area contributed by atoms with Gasteiger partial charge >= 0.3 is 0 Å². The largest absolute Gasteiger partial charge is 0.459 e. The molecule has 7 heteroatoms. The molecule has 0 spiro atoms. The van der Waals surface area contributed by atoms with Crippen LogP contribution in [0.5, 0.6) is 0 Å². The molecule has 124 valence electrons. The minimum absolute atomic E-state index is 0.0797. The summed E-state index contributed by atoms with van der Waals surface area (Å²) in [6.45, 7) is 0.475. The number of benzene rings is 2. The highest BCUT2D eigenvalue weighted by Crippen LogP contribution is 2.24. The topological polar surface area (TPSA) is 85.3 Å². The summed E-state index contributed by atoms with van der Waals surface area (Å²) < 4.78 is 28.2. The van der Waals surface area contributed by atoms with Gasteiger partial charge in [0.1, 0.15) is 11.5 Å². The third-order valence-corrected chi connectivity index (χ3v) is 4.62. The van der Waals surface area contributed by atoms with Crippen LogP contribution in [0.4, 0.5) is 5.69 Å². The number of halogens is 1. The first kappa shape index (κ1) is 16.6. The molecule has 0 radical (unpaired) electrons. The molecule has 0 aliphatic heterocycles. The Labute approximate surface area is 145 Å². The van der Waals surface area contributed by atoms with Gasteiger partial charge in [0, 0.05) is 16.3 Å². The Balaban J connectivity index is 1.66. The summed E-state index contributed by atoms with van der Waals surface area (Å²) in [6, 6.07) is 17.4. The molecule has 3 aromatic rings. The zero-order valence-electron chi connectivity index (χ0n) is 12.6. The van der Waals surface area contributed by atoms with Crippen LogP contribution in [0.25, 0.3) is 11.3 Å². The van der Waals surface area contributed by atoms with Crippen molar-refractivity contribution in [3.63, 3.8) is 0 Å². The SMILES string of the molecule is NS(=O)(=O)c1ccc(NCc2ccc(-c3ccc(Cl)cc3)o2)cc1. The average molecular weight is 363 g/mol. The summed E-state index contributed by atoms with van der Waals surface area (Å²) in [5.41, 5.74) is 1.72. The van der Waals surface area contributed by atoms with E-state index in [1.165, 1.54) is 12.1 Å². The van der Waals surface area contributed by atoms with Crippen LogP contribution in [0.2, 0.25) is 5.02 Å². The number of hydrogen-bond donors (Lipinski definition) is 2. The lowest BCUT2D eigenvalue weighted by Gasteiger charge is -2.05. The van der Waals surface area contributed by atoms with E-state index in [2.05, 4.69) is 5.32 Å². The van der Waals surface area contributed by atoms with Crippen molar-refractivity contribution in [2.45, 2.75) is 11.4 Å². The first-order chi connectivity index (χ1) is 11.4. The first-order valence-corrected chi connectivity index (χ1v) is 9.06. The van der Waals surface area contributed by atoms with Gasteiger partial charge in [-0.05, 0) is 60.7 Å². The third-order valence-electron chi connectivity index (χ3n) is 3.44. The molecule has 0 aliphatic rings. The van der Waals surface area contributed by atoms with Gasteiger partial charge in [-0.15, -0.1) is 0 Å². The highest BCUT2D eigenvalue weighted by atomic mass is 35.5. The monoisotopic (exact) mass is 362 g/mol. The lowest BCUT2D eigenvalue weighted by atomic mass is 10.2. The molecule has 0 saturated carbocycles. The number of nitrogens with two attached hydrogens (primary N) is 1. The summed E-state index contributed by atoms with van der Waals surface area (Å²) >= 11 is 5.88. The van der Waals surface area contributed by atoms with E-state index < -0.39 is 10.0 Å². The van der Waals surface area contributed by atoms with Gasteiger partial charge in [-0.3, -0.25) is 0 Å². The van der Waals surface area contributed by atoms with E-state index in [1.807, 2.05) is 36.4 Å². The van der Waals surface area contributed by atoms with Crippen LogP contribution in [-0.2, 0) is 16.6 Å². The van der Waals surface area contributed by atoms with E-state index in [9.17, 15) is 8.42 Å². The molecule has 0 amide bonds. The maximum atomic E-state index is 11.2. The second kappa shape index (κ2) is 6.68. The van der Waals surface area contributed by atoms with Gasteiger partial charge < -0.3 is 9.73 Å². The van der Waals surface area contributed by atoms with Crippen molar-refractivity contribution in [1.82, 2.24) is 0 Å². The van der Waals surface area contributed by atoms with Crippen LogP contribution >= 0.6 is 11.6 Å². The molecule has 0 atom stereocenters. The van der Waals surface area contributed by atoms with E-state index in [0.29, 0.717) is 11.6 Å². The molecule has 0 saturated heterocycles. The summed E-state index contributed by atoms with van der Waals surface area (Å²) in [7, 11) is -3.67. The summed E-state index contributed by atoms with van der Waals surface area (Å²) in [5.74, 6) is 1.52. The van der Waals surface area contributed by atoms with Crippen molar-refractivity contribution in [2.24, 2.45) is 5.14 Å². The Bertz CT molecular complexity index is 933. The number of nitrogens with one attached hydrogen (secondary N) is 1. The van der Waals surface area contributed by atoms with Gasteiger partial charge in [-0.2, -0.15) is 0 Å². The Morgan fingerprint density at radius 3 is 2.25 bits per heavy atom. The van der Waals surface area contributed by atoms with Gasteiger partial charge in [0.25, 0.3) is 0 Å². The Morgan fingerprint density at radius 1 is 0.958 bits per heavy atom. The van der Waals surface area contributed by atoms with Gasteiger partial charge in [-0.25, -0.2) is 13.6 Å². The molecule has 24 heavy (non-hydrogen) atoms. The zero-order valence-corrected chi connectivity index (χ0v) is 14.1. The predicted octanol–water partition coefficient (Wildman–Crippen LogP) is 3.86. The van der Waals surface area contributed by atoms with E-state index in [0.717, 1.165) is 22.8 Å². The fourth-order valence-electron chi connectivity index (χ4n) is 2.19. The minimum atomic E-state index is -3.67. The molecule has 0 aliphatic carbocycles. The van der Waals surface area contributed by atoms with Gasteiger partial charge in [0.15, 0.2) is 0 Å². The highest BCUT2D eigenvalue weighted by molar-refractivity contribution is 7.89. The second-order valence-corrected chi connectivity index (χ2v) is 7.19. The van der Waals surface area contributed by atoms with E-state index in [1.54, 1.807) is 12.1 Å². The smallest absolute Gasteiger partial charge is 0.238 e. The quantitative estimate of drug-likeness (QED) is 0.721. The van der Waals surface area contributed by atoms with Crippen molar-refractivity contribution < 1.29 is 12.8 Å². The Morgan fingerprint density at radius 2 is 1.62 bits per heavy atom. The van der Waals surface area contributed by atoms with Crippen LogP contribution in [0.3, 0.4) is 0 Å². The predicted molar refractivity (Wildman–Crippen MR) is 94.3 cm³/mol. The van der Waals surface area contributed by atoms with Crippen LogP contribution < -0.4 is 10.5 Å². The highest BCUT2D eigenvalue weighted by Gasteiger charge is 2.08. The van der Waals surface area contributed by atoms with E-state index >= 15 is 0 Å². The van der Waals surface area contributed by atoms with E-state index in [-0.39, 0.29) is 4.90 Å². The summed E-state index contributed by atoms with van der Waals surface area (Å²) in [5, 5.41) is 8.91. The van der Waals surface area contributed by atoms with Crippen molar-refractivity contribution in [3.05, 3.63) is 71.4 Å². The standard InChI is InChI=1S/C17H15ClN2O3S/c18-13-3-1-12(2-4-13)17-10-7-15(23-17)11-20-14-5-8-16(9-6-14)24(19,21)22/h1-10,20H,11H2,(H2,19,21,22). The van der Waals surface area contributed by atoms with Crippen molar-refractivity contribution >= 4 is 27.3 Å². The van der Waals surface area contributed by atoms with Crippen LogP contribution in [0.1, 0.15) is 5.76 Å². The number of primary sulfonamides is 1. The molecule has 1 aromatic heterocycles. The number of hydrogen-bond acceptors (Lipinski definition) is 4. The second-order valence-electron chi connectivity index (χ2n) is 5.20. The fourth-order valence-corrected chi connectivity index (χ4v) is 2.84. The van der Waals surface area contributed by atoms with Crippen molar-refractivity contribution in [2.75, 3.05) is 5.32 Å². The maximum absolute atomic E-state index is 11.2. The minimum Gasteiger partial charge on any atom is -0.459 e. The summed E-state index contributed by atoms with van der Waals surface area (Å²) in [4.78, 5) is 0.0797. The van der Waals surface area contributed by atoms with Crippen LogP contribution in [-0.4, -0.2) is 8.42 Å². The molecule has 3 N–H and O–H groups in total. The average Bonchev–Trinajstić information content (AvgIpc) is 3.02. The van der Waals surface area contributed by atoms with Gasteiger partial charge in [0.2, 0.25) is 10.0 Å². The van der Waals surface area contributed by atoms with E-state index in [4.69, 9.17) is 21.2 Å². The zero-order chi connectivity index (χ0) is 17.2. The maximum Gasteiger partial charge on any atom is 0.238 e. The third kappa shape index (κ3) is 3.97. The summed E-state index contributed by atoms with van der Waals surface area (Å²) in [6.07, 6.45) is 0. The first-order valence-electron chi connectivity index (χ1n) is 7.13. The fraction of sp³-hybridized carbons (Fsp3) is 0.0588. The Hall–Kier alpha value is -2.28. The van der Waals surface area contributed by atoms with Crippen molar-refractivity contribution in [1.29, 1.82) is 0 Å². The molecule has 0 bridgehead atoms. The lowest BCUT2D eigenvalue weighted by molar-refractivity contribution is 0.531. The van der Waals surface area contributed by atoms with Gasteiger partial charge in [-0.1, -0.05) is 11.6 Å². The molecule has 3 rings (SSSR count). The molecule has 0 fully saturated rings. The molecule has 1 heterocycles. The molecular formula is C17H15ClN2O3S. The lowest BCUT2D eigenvalue weighted by Crippen LogP contribution is -2.11. The van der Waals surface area contributed by atoms with Crippen LogP contribution in [0.15, 0.2) is 70.0 Å². The molecule has 2 aromatic carbocycles. The van der Waals surface area contributed by atoms with Gasteiger partial charge in [0.05, 0.1) is 11.4 Å². The molecule has 0 unspecified atom stereocenters. The van der Waals surface area contributed by atoms with Crippen LogP contribution in [0, 0.1) is 0 Å². The number of sulfonamides is 1. The molecule has 5 nitrogen and oxygen atoms in total. The number of furan rings is 1. The van der Waals surface area contributed by atoms with Crippen molar-refractivity contribution in [3.8, 4) is 11.3 Å². The molecular weight excluding hydrogens is 348 g/mol. The number of anilines is 1.